The number of benzene rings is 1. The molecule has 1 aromatic rings. The second-order valence-electron chi connectivity index (χ2n) is 4.42. The molecular weight excluding hydrogens is 287 g/mol. The highest BCUT2D eigenvalue weighted by Gasteiger charge is 2.28. The third-order valence-corrected chi connectivity index (χ3v) is 3.42. The quantitative estimate of drug-likeness (QED) is 0.808. The lowest BCUT2D eigenvalue weighted by atomic mass is 9.91. The number of methoxy groups -OCH3 is 1. The number of halogens is 2. The molecule has 0 aliphatic heterocycles. The summed E-state index contributed by atoms with van der Waals surface area (Å²) in [6.45, 7) is 2.02. The van der Waals surface area contributed by atoms with Crippen LogP contribution in [0, 0.1) is 5.92 Å². The van der Waals surface area contributed by atoms with Gasteiger partial charge in [-0.05, 0) is 30.2 Å². The van der Waals surface area contributed by atoms with Crippen LogP contribution in [0.4, 0.5) is 0 Å². The van der Waals surface area contributed by atoms with Gasteiger partial charge in [0.05, 0.1) is 19.1 Å². The molecule has 0 aromatic heterocycles. The SMILES string of the molecule is CCCCC(C(=O)OC)C(O)c1cc(Cl)cc(Cl)c1. The van der Waals surface area contributed by atoms with E-state index in [0.717, 1.165) is 12.8 Å². The lowest BCUT2D eigenvalue weighted by Gasteiger charge is -2.21. The van der Waals surface area contributed by atoms with Crippen molar-refractivity contribution in [2.45, 2.75) is 32.3 Å². The number of aliphatic hydroxyl groups excluding tert-OH is 1. The van der Waals surface area contributed by atoms with Gasteiger partial charge in [-0.15, -0.1) is 0 Å². The first-order valence-corrected chi connectivity index (χ1v) is 6.97. The van der Waals surface area contributed by atoms with Crippen LogP contribution in [-0.4, -0.2) is 18.2 Å². The molecule has 0 aliphatic carbocycles. The van der Waals surface area contributed by atoms with Crippen molar-refractivity contribution in [3.8, 4) is 0 Å². The number of esters is 1. The van der Waals surface area contributed by atoms with E-state index < -0.39 is 18.0 Å². The number of ether oxygens (including phenoxy) is 1. The zero-order valence-electron chi connectivity index (χ0n) is 11.0. The van der Waals surface area contributed by atoms with E-state index in [9.17, 15) is 9.90 Å². The molecule has 0 aliphatic rings. The van der Waals surface area contributed by atoms with Crippen molar-refractivity contribution < 1.29 is 14.6 Å². The maximum absolute atomic E-state index is 11.8. The summed E-state index contributed by atoms with van der Waals surface area (Å²) >= 11 is 11.8. The molecule has 1 rings (SSSR count). The first-order valence-electron chi connectivity index (χ1n) is 6.21. The lowest BCUT2D eigenvalue weighted by Crippen LogP contribution is -2.23. The van der Waals surface area contributed by atoms with Crippen LogP contribution in [0.5, 0.6) is 0 Å². The maximum Gasteiger partial charge on any atom is 0.311 e. The fraction of sp³-hybridized carbons (Fsp3) is 0.500. The van der Waals surface area contributed by atoms with Crippen molar-refractivity contribution in [3.63, 3.8) is 0 Å². The molecule has 0 heterocycles. The summed E-state index contributed by atoms with van der Waals surface area (Å²) in [6.07, 6.45) is 1.38. The molecule has 0 fully saturated rings. The van der Waals surface area contributed by atoms with Crippen LogP contribution in [0.15, 0.2) is 18.2 Å². The van der Waals surface area contributed by atoms with E-state index >= 15 is 0 Å². The first-order chi connectivity index (χ1) is 8.99. The molecule has 5 heteroatoms. The van der Waals surface area contributed by atoms with Crippen LogP contribution in [-0.2, 0) is 9.53 Å². The van der Waals surface area contributed by atoms with E-state index in [1.54, 1.807) is 18.2 Å². The van der Waals surface area contributed by atoms with E-state index in [0.29, 0.717) is 22.0 Å². The summed E-state index contributed by atoms with van der Waals surface area (Å²) in [5, 5.41) is 11.2. The van der Waals surface area contributed by atoms with Crippen molar-refractivity contribution in [2.75, 3.05) is 7.11 Å². The summed E-state index contributed by atoms with van der Waals surface area (Å²) in [5.74, 6) is -1.02. The highest BCUT2D eigenvalue weighted by atomic mass is 35.5. The van der Waals surface area contributed by atoms with Crippen LogP contribution in [0.25, 0.3) is 0 Å². The normalized spacial score (nSPS) is 13.9. The van der Waals surface area contributed by atoms with Gasteiger partial charge in [-0.1, -0.05) is 43.0 Å². The maximum atomic E-state index is 11.8. The molecule has 3 nitrogen and oxygen atoms in total. The average Bonchev–Trinajstić information content (AvgIpc) is 2.37. The molecule has 106 valence electrons. The highest BCUT2D eigenvalue weighted by Crippen LogP contribution is 2.31. The third-order valence-electron chi connectivity index (χ3n) is 2.98. The summed E-state index contributed by atoms with van der Waals surface area (Å²) in [6, 6.07) is 4.80. The van der Waals surface area contributed by atoms with Crippen molar-refractivity contribution >= 4 is 29.2 Å². The van der Waals surface area contributed by atoms with Crippen molar-refractivity contribution in [2.24, 2.45) is 5.92 Å². The fourth-order valence-electron chi connectivity index (χ4n) is 1.96. The molecule has 0 saturated carbocycles. The zero-order chi connectivity index (χ0) is 14.4. The lowest BCUT2D eigenvalue weighted by molar-refractivity contribution is -0.150. The topological polar surface area (TPSA) is 46.5 Å². The van der Waals surface area contributed by atoms with Crippen LogP contribution in [0.2, 0.25) is 10.0 Å². The predicted octanol–water partition coefficient (Wildman–Crippen LogP) is 4.01. The van der Waals surface area contributed by atoms with Gasteiger partial charge in [-0.3, -0.25) is 4.79 Å². The van der Waals surface area contributed by atoms with Gasteiger partial charge in [0, 0.05) is 10.0 Å². The minimum Gasteiger partial charge on any atom is -0.469 e. The van der Waals surface area contributed by atoms with Gasteiger partial charge in [0.1, 0.15) is 0 Å². The predicted molar refractivity (Wildman–Crippen MR) is 76.5 cm³/mol. The Kier molecular flexibility index (Phi) is 6.63. The smallest absolute Gasteiger partial charge is 0.311 e. The number of carbonyl (C=O) groups is 1. The molecule has 1 aromatic carbocycles. The number of rotatable bonds is 6. The van der Waals surface area contributed by atoms with E-state index in [1.165, 1.54) is 7.11 Å². The van der Waals surface area contributed by atoms with Crippen molar-refractivity contribution in [3.05, 3.63) is 33.8 Å². The van der Waals surface area contributed by atoms with Gasteiger partial charge in [-0.2, -0.15) is 0 Å². The van der Waals surface area contributed by atoms with Crippen molar-refractivity contribution in [1.29, 1.82) is 0 Å². The summed E-state index contributed by atoms with van der Waals surface area (Å²) in [4.78, 5) is 11.8. The van der Waals surface area contributed by atoms with Crippen LogP contribution in [0.3, 0.4) is 0 Å². The Morgan fingerprint density at radius 1 is 1.32 bits per heavy atom. The van der Waals surface area contributed by atoms with E-state index in [-0.39, 0.29) is 0 Å². The molecule has 2 unspecified atom stereocenters. The minimum absolute atomic E-state index is 0.419. The van der Waals surface area contributed by atoms with Gasteiger partial charge >= 0.3 is 5.97 Å². The first kappa shape index (κ1) is 16.3. The van der Waals surface area contributed by atoms with Gasteiger partial charge in [0.15, 0.2) is 0 Å². The van der Waals surface area contributed by atoms with Gasteiger partial charge in [-0.25, -0.2) is 0 Å². The molecule has 0 spiro atoms. The number of hydrogen-bond donors (Lipinski definition) is 1. The summed E-state index contributed by atoms with van der Waals surface area (Å²) < 4.78 is 4.75. The Hall–Kier alpha value is -0.770. The summed E-state index contributed by atoms with van der Waals surface area (Å²) in [5.41, 5.74) is 0.531. The molecule has 19 heavy (non-hydrogen) atoms. The Morgan fingerprint density at radius 2 is 1.89 bits per heavy atom. The third kappa shape index (κ3) is 4.68. The molecular formula is C14H18Cl2O3. The Balaban J connectivity index is 2.96. The standard InChI is InChI=1S/C14H18Cl2O3/c1-3-4-5-12(14(18)19-2)13(17)9-6-10(15)8-11(16)7-9/h6-8,12-13,17H,3-5H2,1-2H3. The number of unbranched alkanes of at least 4 members (excludes halogenated alkanes) is 1. The molecule has 0 radical (unpaired) electrons. The van der Waals surface area contributed by atoms with Gasteiger partial charge < -0.3 is 9.84 Å². The number of carbonyl (C=O) groups excluding carboxylic acids is 1. The van der Waals surface area contributed by atoms with Gasteiger partial charge in [0.25, 0.3) is 0 Å². The second-order valence-corrected chi connectivity index (χ2v) is 5.29. The molecule has 0 bridgehead atoms. The van der Waals surface area contributed by atoms with Crippen LogP contribution >= 0.6 is 23.2 Å². The Labute approximate surface area is 123 Å². The molecule has 1 N–H and O–H groups in total. The van der Waals surface area contributed by atoms with E-state index in [2.05, 4.69) is 0 Å². The second kappa shape index (κ2) is 7.73. The molecule has 2 atom stereocenters. The van der Waals surface area contributed by atoms with E-state index in [4.69, 9.17) is 27.9 Å². The largest absolute Gasteiger partial charge is 0.469 e. The van der Waals surface area contributed by atoms with Crippen LogP contribution in [0.1, 0.15) is 37.9 Å². The van der Waals surface area contributed by atoms with Crippen molar-refractivity contribution in [1.82, 2.24) is 0 Å². The molecule has 0 saturated heterocycles. The monoisotopic (exact) mass is 304 g/mol. The molecule has 0 amide bonds. The highest BCUT2D eigenvalue weighted by molar-refractivity contribution is 6.34. The van der Waals surface area contributed by atoms with Crippen LogP contribution < -0.4 is 0 Å². The minimum atomic E-state index is -0.963. The zero-order valence-corrected chi connectivity index (χ0v) is 12.5. The fourth-order valence-corrected chi connectivity index (χ4v) is 2.50. The Morgan fingerprint density at radius 3 is 2.37 bits per heavy atom. The van der Waals surface area contributed by atoms with E-state index in [1.807, 2.05) is 6.92 Å². The van der Waals surface area contributed by atoms with Gasteiger partial charge in [0.2, 0.25) is 0 Å². The average molecular weight is 305 g/mol. The number of aliphatic hydroxyl groups is 1. The number of hydrogen-bond acceptors (Lipinski definition) is 3. The Bertz CT molecular complexity index is 414. The summed E-state index contributed by atoms with van der Waals surface area (Å²) in [7, 11) is 1.32.